The van der Waals surface area contributed by atoms with Crippen molar-refractivity contribution in [3.63, 3.8) is 0 Å². The fraction of sp³-hybridized carbons (Fsp3) is 0.467. The third kappa shape index (κ3) is 3.62. The second kappa shape index (κ2) is 6.44. The van der Waals surface area contributed by atoms with Crippen LogP contribution < -0.4 is 16.6 Å². The molecular weight excluding hydrogens is 312 g/mol. The standard InChI is InChI=1S/C15H20N6O3/c1-21-7-9(6-17-21)14(8-2-11(22)3-8)19-12(23)4-10-5-13(24)20-15(16)18-10/h5-8,11,14,22H,2-4H2,1H3,(H,19,23)(H3,16,18,20,24)/t8?,11?,14-/m1/s1. The Hall–Kier alpha value is -2.68. The van der Waals surface area contributed by atoms with E-state index in [1.165, 1.54) is 6.07 Å². The van der Waals surface area contributed by atoms with Crippen molar-refractivity contribution in [1.29, 1.82) is 0 Å². The maximum Gasteiger partial charge on any atom is 0.252 e. The number of aromatic nitrogens is 4. The Kier molecular flexibility index (Phi) is 4.34. The maximum atomic E-state index is 12.4. The molecule has 3 rings (SSSR count). The van der Waals surface area contributed by atoms with Crippen molar-refractivity contribution in [2.24, 2.45) is 13.0 Å². The van der Waals surface area contributed by atoms with E-state index in [0.29, 0.717) is 18.5 Å². The molecule has 9 heteroatoms. The van der Waals surface area contributed by atoms with Crippen LogP contribution in [-0.2, 0) is 18.3 Å². The van der Waals surface area contributed by atoms with Gasteiger partial charge >= 0.3 is 0 Å². The summed E-state index contributed by atoms with van der Waals surface area (Å²) in [6, 6.07) is 1.02. The molecule has 1 saturated carbocycles. The monoisotopic (exact) mass is 332 g/mol. The summed E-state index contributed by atoms with van der Waals surface area (Å²) in [6.45, 7) is 0. The molecule has 2 aromatic heterocycles. The van der Waals surface area contributed by atoms with E-state index in [4.69, 9.17) is 5.73 Å². The third-order valence-corrected chi connectivity index (χ3v) is 4.18. The van der Waals surface area contributed by atoms with E-state index in [2.05, 4.69) is 20.4 Å². The van der Waals surface area contributed by atoms with Crippen LogP contribution in [0.3, 0.4) is 0 Å². The van der Waals surface area contributed by atoms with E-state index in [-0.39, 0.29) is 36.3 Å². The van der Waals surface area contributed by atoms with Gasteiger partial charge in [0.15, 0.2) is 0 Å². The Morgan fingerprint density at radius 1 is 1.58 bits per heavy atom. The molecule has 2 aromatic rings. The highest BCUT2D eigenvalue weighted by Gasteiger charge is 2.36. The number of aliphatic hydroxyl groups is 1. The smallest absolute Gasteiger partial charge is 0.252 e. The molecule has 0 aliphatic heterocycles. The van der Waals surface area contributed by atoms with Gasteiger partial charge in [0, 0.05) is 24.9 Å². The summed E-state index contributed by atoms with van der Waals surface area (Å²) in [5.41, 5.74) is 6.30. The lowest BCUT2D eigenvalue weighted by Crippen LogP contribution is -2.41. The van der Waals surface area contributed by atoms with Crippen molar-refractivity contribution in [2.45, 2.75) is 31.4 Å². The summed E-state index contributed by atoms with van der Waals surface area (Å²) >= 11 is 0. The normalized spacial score (nSPS) is 21.1. The van der Waals surface area contributed by atoms with Crippen molar-refractivity contribution in [3.05, 3.63) is 40.1 Å². The molecule has 1 aliphatic rings. The molecule has 0 unspecified atom stereocenters. The van der Waals surface area contributed by atoms with Gasteiger partial charge in [-0.15, -0.1) is 0 Å². The number of nitrogens with zero attached hydrogens (tertiary/aromatic N) is 3. The number of nitrogen functional groups attached to an aromatic ring is 1. The SMILES string of the molecule is Cn1cc([C@H](NC(=O)Cc2cc(=O)[nH]c(N)n2)C2CC(O)C2)cn1. The number of hydrogen-bond acceptors (Lipinski definition) is 6. The summed E-state index contributed by atoms with van der Waals surface area (Å²) in [6.07, 6.45) is 4.46. The van der Waals surface area contributed by atoms with Crippen molar-refractivity contribution < 1.29 is 9.90 Å². The zero-order valence-corrected chi connectivity index (χ0v) is 13.3. The van der Waals surface area contributed by atoms with E-state index >= 15 is 0 Å². The fourth-order valence-electron chi connectivity index (χ4n) is 2.98. The molecule has 1 fully saturated rings. The molecule has 0 bridgehead atoms. The Morgan fingerprint density at radius 3 is 2.92 bits per heavy atom. The predicted octanol–water partition coefficient (Wildman–Crippen LogP) is -0.743. The number of anilines is 1. The van der Waals surface area contributed by atoms with E-state index in [9.17, 15) is 14.7 Å². The summed E-state index contributed by atoms with van der Waals surface area (Å²) < 4.78 is 1.67. The van der Waals surface area contributed by atoms with Gasteiger partial charge in [-0.25, -0.2) is 4.98 Å². The molecule has 0 saturated heterocycles. The summed E-state index contributed by atoms with van der Waals surface area (Å²) in [7, 11) is 1.81. The number of rotatable bonds is 5. The number of aryl methyl sites for hydroxylation is 1. The molecule has 9 nitrogen and oxygen atoms in total. The average molecular weight is 332 g/mol. The zero-order valence-electron chi connectivity index (χ0n) is 13.3. The van der Waals surface area contributed by atoms with Crippen LogP contribution >= 0.6 is 0 Å². The lowest BCUT2D eigenvalue weighted by Gasteiger charge is -2.37. The minimum absolute atomic E-state index is 0.0174. The molecule has 24 heavy (non-hydrogen) atoms. The maximum absolute atomic E-state index is 12.4. The van der Waals surface area contributed by atoms with Crippen molar-refractivity contribution in [2.75, 3.05) is 5.73 Å². The first-order valence-corrected chi connectivity index (χ1v) is 7.72. The Labute approximate surface area is 137 Å². The first-order valence-electron chi connectivity index (χ1n) is 7.72. The van der Waals surface area contributed by atoms with Gasteiger partial charge in [-0.3, -0.25) is 19.3 Å². The molecule has 1 amide bonds. The highest BCUT2D eigenvalue weighted by atomic mass is 16.3. The van der Waals surface area contributed by atoms with Gasteiger partial charge in [-0.2, -0.15) is 5.10 Å². The van der Waals surface area contributed by atoms with Crippen LogP contribution in [0.25, 0.3) is 0 Å². The number of aliphatic hydroxyl groups excluding tert-OH is 1. The Morgan fingerprint density at radius 2 is 2.33 bits per heavy atom. The van der Waals surface area contributed by atoms with Gasteiger partial charge in [0.05, 0.1) is 30.5 Å². The number of nitrogens with two attached hydrogens (primary N) is 1. The van der Waals surface area contributed by atoms with E-state index in [1.54, 1.807) is 17.9 Å². The second-order valence-corrected chi connectivity index (χ2v) is 6.18. The van der Waals surface area contributed by atoms with Crippen molar-refractivity contribution in [1.82, 2.24) is 25.1 Å². The van der Waals surface area contributed by atoms with Crippen LogP contribution in [0.1, 0.15) is 30.1 Å². The highest BCUT2D eigenvalue weighted by Crippen LogP contribution is 2.37. The third-order valence-electron chi connectivity index (χ3n) is 4.18. The molecule has 0 radical (unpaired) electrons. The van der Waals surface area contributed by atoms with Crippen molar-refractivity contribution in [3.8, 4) is 0 Å². The van der Waals surface area contributed by atoms with Gasteiger partial charge in [0.1, 0.15) is 0 Å². The number of carbonyl (C=O) groups is 1. The summed E-state index contributed by atoms with van der Waals surface area (Å²) in [5.74, 6) is -0.121. The van der Waals surface area contributed by atoms with E-state index in [0.717, 1.165) is 5.56 Å². The quantitative estimate of drug-likeness (QED) is 0.568. The molecule has 1 atom stereocenters. The Balaban J connectivity index is 1.72. The highest BCUT2D eigenvalue weighted by molar-refractivity contribution is 5.78. The average Bonchev–Trinajstić information content (AvgIpc) is 2.87. The Bertz CT molecular complexity index is 793. The number of nitrogens with one attached hydrogen (secondary N) is 2. The molecule has 1 aliphatic carbocycles. The van der Waals surface area contributed by atoms with Crippen LogP contribution in [0.4, 0.5) is 5.95 Å². The molecule has 0 aromatic carbocycles. The predicted molar refractivity (Wildman–Crippen MR) is 85.8 cm³/mol. The van der Waals surface area contributed by atoms with Crippen LogP contribution in [0.2, 0.25) is 0 Å². The van der Waals surface area contributed by atoms with Crippen LogP contribution in [0.5, 0.6) is 0 Å². The first-order chi connectivity index (χ1) is 11.4. The fourth-order valence-corrected chi connectivity index (χ4v) is 2.98. The van der Waals surface area contributed by atoms with Gasteiger partial charge in [0.2, 0.25) is 11.9 Å². The van der Waals surface area contributed by atoms with E-state index in [1.807, 2.05) is 6.20 Å². The van der Waals surface area contributed by atoms with Gasteiger partial charge < -0.3 is 16.2 Å². The largest absolute Gasteiger partial charge is 0.393 e. The number of carbonyl (C=O) groups excluding carboxylic acids is 1. The zero-order chi connectivity index (χ0) is 17.3. The minimum atomic E-state index is -0.392. The molecule has 0 spiro atoms. The molecular formula is C15H20N6O3. The number of hydrogen-bond donors (Lipinski definition) is 4. The van der Waals surface area contributed by atoms with Crippen LogP contribution in [0.15, 0.2) is 23.3 Å². The summed E-state index contributed by atoms with van der Waals surface area (Å²) in [5, 5.41) is 16.7. The van der Waals surface area contributed by atoms with Gasteiger partial charge in [0.25, 0.3) is 5.56 Å². The topological polar surface area (TPSA) is 139 Å². The first kappa shape index (κ1) is 16.2. The van der Waals surface area contributed by atoms with Crippen LogP contribution in [0, 0.1) is 5.92 Å². The summed E-state index contributed by atoms with van der Waals surface area (Å²) in [4.78, 5) is 30.0. The van der Waals surface area contributed by atoms with Gasteiger partial charge in [-0.1, -0.05) is 0 Å². The molecule has 5 N–H and O–H groups in total. The lowest BCUT2D eigenvalue weighted by atomic mass is 9.75. The molecule has 2 heterocycles. The second-order valence-electron chi connectivity index (χ2n) is 6.18. The number of aromatic amines is 1. The van der Waals surface area contributed by atoms with Crippen molar-refractivity contribution >= 4 is 11.9 Å². The van der Waals surface area contributed by atoms with Crippen LogP contribution in [-0.4, -0.2) is 36.9 Å². The van der Waals surface area contributed by atoms with Gasteiger partial charge in [-0.05, 0) is 18.8 Å². The minimum Gasteiger partial charge on any atom is -0.393 e. The molecule has 128 valence electrons. The lowest BCUT2D eigenvalue weighted by molar-refractivity contribution is -0.122. The number of amides is 1. The van der Waals surface area contributed by atoms with E-state index < -0.39 is 5.56 Å². The number of H-pyrrole nitrogens is 1.